The van der Waals surface area contributed by atoms with Gasteiger partial charge in [-0.3, -0.25) is 0 Å². The molecule has 1 N–H and O–H groups in total. The summed E-state index contributed by atoms with van der Waals surface area (Å²) in [6.45, 7) is 6.37. The van der Waals surface area contributed by atoms with Gasteiger partial charge in [-0.1, -0.05) is 17.7 Å². The molecule has 1 aromatic carbocycles. The normalized spacial score (nSPS) is 23.9. The van der Waals surface area contributed by atoms with Crippen LogP contribution in [0.2, 0.25) is 5.02 Å². The van der Waals surface area contributed by atoms with Gasteiger partial charge in [0.2, 0.25) is 0 Å². The maximum Gasteiger partial charge on any atom is 0.130 e. The van der Waals surface area contributed by atoms with Crippen LogP contribution in [0, 0.1) is 0 Å². The molecule has 2 aromatic rings. The summed E-state index contributed by atoms with van der Waals surface area (Å²) in [4.78, 5) is 4.86. The highest BCUT2D eigenvalue weighted by Crippen LogP contribution is 2.33. The third-order valence-corrected chi connectivity index (χ3v) is 4.45. The van der Waals surface area contributed by atoms with Crippen molar-refractivity contribution in [3.8, 4) is 0 Å². The van der Waals surface area contributed by atoms with E-state index in [4.69, 9.17) is 16.6 Å². The van der Waals surface area contributed by atoms with Crippen LogP contribution in [0.15, 0.2) is 18.2 Å². The van der Waals surface area contributed by atoms with E-state index in [0.717, 1.165) is 41.4 Å². The van der Waals surface area contributed by atoms with Gasteiger partial charge in [0.15, 0.2) is 0 Å². The van der Waals surface area contributed by atoms with Crippen LogP contribution >= 0.6 is 11.6 Å². The number of nitrogens with zero attached hydrogens (tertiary/aromatic N) is 2. The Balaban J connectivity index is 2.20. The summed E-state index contributed by atoms with van der Waals surface area (Å²) >= 11 is 6.36. The number of para-hydroxylation sites is 1. The molecule has 2 heterocycles. The predicted molar refractivity (Wildman–Crippen MR) is 79.6 cm³/mol. The minimum atomic E-state index is -0.0311. The highest BCUT2D eigenvalue weighted by atomic mass is 35.5. The van der Waals surface area contributed by atoms with Crippen molar-refractivity contribution in [2.24, 2.45) is 0 Å². The van der Waals surface area contributed by atoms with Crippen molar-refractivity contribution in [1.29, 1.82) is 0 Å². The first-order chi connectivity index (χ1) is 9.15. The Morgan fingerprint density at radius 1 is 1.42 bits per heavy atom. The van der Waals surface area contributed by atoms with E-state index in [0.29, 0.717) is 0 Å². The summed E-state index contributed by atoms with van der Waals surface area (Å²) in [7, 11) is 0. The molecule has 0 saturated carbocycles. The molecular weight excluding hydrogens is 258 g/mol. The van der Waals surface area contributed by atoms with Crippen molar-refractivity contribution < 1.29 is 0 Å². The van der Waals surface area contributed by atoms with E-state index in [1.807, 2.05) is 18.2 Å². The van der Waals surface area contributed by atoms with E-state index >= 15 is 0 Å². The first-order valence-corrected chi connectivity index (χ1v) is 7.44. The molecule has 1 fully saturated rings. The molecule has 1 aliphatic heterocycles. The number of hydrogen-bond acceptors (Lipinski definition) is 2. The Kier molecular flexibility index (Phi) is 3.27. The summed E-state index contributed by atoms with van der Waals surface area (Å²) in [5.74, 6) is 1.12. The summed E-state index contributed by atoms with van der Waals surface area (Å²) in [5.41, 5.74) is 2.03. The molecule has 1 atom stereocenters. The van der Waals surface area contributed by atoms with Crippen LogP contribution in [0.3, 0.4) is 0 Å². The molecule has 102 valence electrons. The molecule has 0 spiro atoms. The van der Waals surface area contributed by atoms with Gasteiger partial charge in [0.25, 0.3) is 0 Å². The van der Waals surface area contributed by atoms with Crippen LogP contribution in [-0.2, 0) is 12.1 Å². The molecule has 1 aliphatic rings. The van der Waals surface area contributed by atoms with Crippen LogP contribution in [0.4, 0.5) is 0 Å². The zero-order chi connectivity index (χ0) is 13.5. The zero-order valence-corrected chi connectivity index (χ0v) is 12.3. The highest BCUT2D eigenvalue weighted by Gasteiger charge is 2.33. The fraction of sp³-hybridized carbons (Fsp3) is 0.533. The SMILES string of the molecule is CCn1c(C2(C)CCCCN2)nc2cccc(Cl)c21. The van der Waals surface area contributed by atoms with Gasteiger partial charge in [0.05, 0.1) is 21.6 Å². The van der Waals surface area contributed by atoms with Gasteiger partial charge >= 0.3 is 0 Å². The summed E-state index contributed by atoms with van der Waals surface area (Å²) in [5, 5.41) is 4.43. The minimum Gasteiger partial charge on any atom is -0.325 e. The van der Waals surface area contributed by atoms with Crippen LogP contribution in [0.25, 0.3) is 11.0 Å². The maximum absolute atomic E-state index is 6.36. The second-order valence-corrected chi connectivity index (χ2v) is 5.91. The zero-order valence-electron chi connectivity index (χ0n) is 11.5. The maximum atomic E-state index is 6.36. The molecule has 0 aliphatic carbocycles. The lowest BCUT2D eigenvalue weighted by Gasteiger charge is -2.34. The number of aromatic nitrogens is 2. The Morgan fingerprint density at radius 2 is 2.26 bits per heavy atom. The number of imidazole rings is 1. The van der Waals surface area contributed by atoms with Gasteiger partial charge in [-0.25, -0.2) is 4.98 Å². The van der Waals surface area contributed by atoms with E-state index in [9.17, 15) is 0 Å². The number of halogens is 1. The van der Waals surface area contributed by atoms with Crippen molar-refractivity contribution >= 4 is 22.6 Å². The lowest BCUT2D eigenvalue weighted by atomic mass is 9.90. The van der Waals surface area contributed by atoms with Crippen LogP contribution in [0.5, 0.6) is 0 Å². The average Bonchev–Trinajstić information content (AvgIpc) is 2.80. The van der Waals surface area contributed by atoms with Crippen molar-refractivity contribution in [3.05, 3.63) is 29.0 Å². The van der Waals surface area contributed by atoms with Crippen LogP contribution in [0.1, 0.15) is 38.9 Å². The molecule has 0 radical (unpaired) electrons. The van der Waals surface area contributed by atoms with E-state index in [1.54, 1.807) is 0 Å². The second kappa shape index (κ2) is 4.80. The summed E-state index contributed by atoms with van der Waals surface area (Å²) in [6, 6.07) is 5.96. The Labute approximate surface area is 119 Å². The number of hydrogen-bond donors (Lipinski definition) is 1. The van der Waals surface area contributed by atoms with Gasteiger partial charge in [-0.05, 0) is 51.8 Å². The molecule has 0 bridgehead atoms. The number of fused-ring (bicyclic) bond motifs is 1. The number of nitrogens with one attached hydrogen (secondary N) is 1. The summed E-state index contributed by atoms with van der Waals surface area (Å²) in [6.07, 6.45) is 3.64. The quantitative estimate of drug-likeness (QED) is 0.907. The number of piperidine rings is 1. The van der Waals surface area contributed by atoms with Crippen molar-refractivity contribution in [3.63, 3.8) is 0 Å². The fourth-order valence-corrected chi connectivity index (χ4v) is 3.39. The molecule has 0 amide bonds. The predicted octanol–water partition coefficient (Wildman–Crippen LogP) is 3.70. The van der Waals surface area contributed by atoms with Gasteiger partial charge < -0.3 is 9.88 Å². The van der Waals surface area contributed by atoms with Gasteiger partial charge in [0.1, 0.15) is 5.82 Å². The van der Waals surface area contributed by atoms with Gasteiger partial charge in [-0.2, -0.15) is 0 Å². The second-order valence-electron chi connectivity index (χ2n) is 5.50. The molecule has 3 rings (SSSR count). The molecule has 4 heteroatoms. The third kappa shape index (κ3) is 2.05. The number of benzene rings is 1. The minimum absolute atomic E-state index is 0.0311. The van der Waals surface area contributed by atoms with Crippen molar-refractivity contribution in [2.75, 3.05) is 6.54 Å². The smallest absolute Gasteiger partial charge is 0.130 e. The van der Waals surface area contributed by atoms with Gasteiger partial charge in [0, 0.05) is 6.54 Å². The molecular formula is C15H20ClN3. The number of aryl methyl sites for hydroxylation is 1. The van der Waals surface area contributed by atoms with Crippen LogP contribution < -0.4 is 5.32 Å². The topological polar surface area (TPSA) is 29.9 Å². The third-order valence-electron chi connectivity index (χ3n) is 4.15. The van der Waals surface area contributed by atoms with Crippen LogP contribution in [-0.4, -0.2) is 16.1 Å². The lowest BCUT2D eigenvalue weighted by molar-refractivity contribution is 0.262. The molecule has 1 saturated heterocycles. The standard InChI is InChI=1S/C15H20ClN3/c1-3-19-13-11(16)7-6-8-12(13)18-14(19)15(2)9-4-5-10-17-15/h6-8,17H,3-5,9-10H2,1-2H3. The summed E-state index contributed by atoms with van der Waals surface area (Å²) < 4.78 is 2.26. The Morgan fingerprint density at radius 3 is 2.95 bits per heavy atom. The molecule has 1 unspecified atom stereocenters. The average molecular weight is 278 g/mol. The van der Waals surface area contributed by atoms with Crippen molar-refractivity contribution in [2.45, 2.75) is 45.2 Å². The lowest BCUT2D eigenvalue weighted by Crippen LogP contribution is -2.45. The first-order valence-electron chi connectivity index (χ1n) is 7.06. The molecule has 1 aromatic heterocycles. The van der Waals surface area contributed by atoms with E-state index in [1.165, 1.54) is 12.8 Å². The Bertz CT molecular complexity index is 597. The molecule has 3 nitrogen and oxygen atoms in total. The van der Waals surface area contributed by atoms with E-state index in [-0.39, 0.29) is 5.54 Å². The van der Waals surface area contributed by atoms with E-state index < -0.39 is 0 Å². The van der Waals surface area contributed by atoms with Gasteiger partial charge in [-0.15, -0.1) is 0 Å². The number of rotatable bonds is 2. The monoisotopic (exact) mass is 277 g/mol. The highest BCUT2D eigenvalue weighted by molar-refractivity contribution is 6.35. The van der Waals surface area contributed by atoms with Crippen molar-refractivity contribution in [1.82, 2.24) is 14.9 Å². The largest absolute Gasteiger partial charge is 0.325 e. The fourth-order valence-electron chi connectivity index (χ4n) is 3.12. The molecule has 19 heavy (non-hydrogen) atoms. The first kappa shape index (κ1) is 12.9. The van der Waals surface area contributed by atoms with E-state index in [2.05, 4.69) is 23.7 Å². The Hall–Kier alpha value is -1.06.